The van der Waals surface area contributed by atoms with Crippen molar-refractivity contribution in [2.45, 2.75) is 33.2 Å². The second-order valence-electron chi connectivity index (χ2n) is 3.36. The van der Waals surface area contributed by atoms with Crippen LogP contribution in [0.25, 0.3) is 0 Å². The quantitative estimate of drug-likeness (QED) is 0.765. The summed E-state index contributed by atoms with van der Waals surface area (Å²) in [6.45, 7) is 6.52. The summed E-state index contributed by atoms with van der Waals surface area (Å²) in [6, 6.07) is 4.52. The second kappa shape index (κ2) is 4.06. The minimum atomic E-state index is 0.230. The maximum absolute atomic E-state index is 6.07. The van der Waals surface area contributed by atoms with Gasteiger partial charge in [0.15, 0.2) is 0 Å². The van der Waals surface area contributed by atoms with Crippen LogP contribution in [0.15, 0.2) is 12.1 Å². The molecule has 1 nitrogen and oxygen atoms in total. The van der Waals surface area contributed by atoms with Crippen molar-refractivity contribution in [1.29, 1.82) is 0 Å². The fourth-order valence-electron chi connectivity index (χ4n) is 1.17. The van der Waals surface area contributed by atoms with Gasteiger partial charge >= 0.3 is 0 Å². The first-order chi connectivity index (χ1) is 5.65. The zero-order valence-corrected chi connectivity index (χ0v) is 8.82. The van der Waals surface area contributed by atoms with E-state index in [1.807, 2.05) is 11.3 Å². The molecule has 0 aliphatic carbocycles. The first-order valence-corrected chi connectivity index (χ1v) is 5.28. The maximum atomic E-state index is 6.07. The molecule has 1 aromatic heterocycles. The van der Waals surface area contributed by atoms with Crippen LogP contribution in [0, 0.1) is 12.8 Å². The Labute approximate surface area is 78.6 Å². The fourth-order valence-corrected chi connectivity index (χ4v) is 2.18. The molecule has 12 heavy (non-hydrogen) atoms. The summed E-state index contributed by atoms with van der Waals surface area (Å²) in [5, 5.41) is 0. The normalized spacial score (nSPS) is 16.0. The zero-order chi connectivity index (χ0) is 9.14. The summed E-state index contributed by atoms with van der Waals surface area (Å²) >= 11 is 1.81. The van der Waals surface area contributed by atoms with Crippen molar-refractivity contribution in [1.82, 2.24) is 0 Å². The topological polar surface area (TPSA) is 26.0 Å². The van der Waals surface area contributed by atoms with E-state index in [-0.39, 0.29) is 6.04 Å². The summed E-state index contributed by atoms with van der Waals surface area (Å²) in [5.74, 6) is 0.586. The Balaban J connectivity index is 2.70. The van der Waals surface area contributed by atoms with E-state index >= 15 is 0 Å². The molecule has 1 rings (SSSR count). The zero-order valence-electron chi connectivity index (χ0n) is 8.00. The van der Waals surface area contributed by atoms with Gasteiger partial charge in [0.25, 0.3) is 0 Å². The SMILES string of the molecule is CCC(C)[C@@H](N)c1ccc(C)s1. The van der Waals surface area contributed by atoms with Crippen LogP contribution in [-0.4, -0.2) is 0 Å². The number of hydrogen-bond acceptors (Lipinski definition) is 2. The largest absolute Gasteiger partial charge is 0.323 e. The van der Waals surface area contributed by atoms with Gasteiger partial charge in [-0.25, -0.2) is 0 Å². The van der Waals surface area contributed by atoms with E-state index in [9.17, 15) is 0 Å². The average molecular weight is 183 g/mol. The molecule has 0 aliphatic rings. The molecule has 0 fully saturated rings. The lowest BCUT2D eigenvalue weighted by atomic mass is 9.99. The summed E-state index contributed by atoms with van der Waals surface area (Å²) < 4.78 is 0. The number of aryl methyl sites for hydroxylation is 1. The number of hydrogen-bond donors (Lipinski definition) is 1. The van der Waals surface area contributed by atoms with Gasteiger partial charge in [0.2, 0.25) is 0 Å². The van der Waals surface area contributed by atoms with Crippen LogP contribution in [0.3, 0.4) is 0 Å². The summed E-state index contributed by atoms with van der Waals surface area (Å²) in [5.41, 5.74) is 6.07. The Morgan fingerprint density at radius 3 is 2.58 bits per heavy atom. The highest BCUT2D eigenvalue weighted by Crippen LogP contribution is 2.27. The van der Waals surface area contributed by atoms with Crippen LogP contribution < -0.4 is 5.73 Å². The predicted octanol–water partition coefficient (Wildman–Crippen LogP) is 3.10. The van der Waals surface area contributed by atoms with Gasteiger partial charge in [-0.3, -0.25) is 0 Å². The third kappa shape index (κ3) is 2.08. The maximum Gasteiger partial charge on any atom is 0.0415 e. The van der Waals surface area contributed by atoms with E-state index in [1.54, 1.807) is 0 Å². The van der Waals surface area contributed by atoms with Crippen molar-refractivity contribution in [3.63, 3.8) is 0 Å². The summed E-state index contributed by atoms with van der Waals surface area (Å²) in [7, 11) is 0. The van der Waals surface area contributed by atoms with E-state index in [4.69, 9.17) is 5.73 Å². The van der Waals surface area contributed by atoms with Crippen molar-refractivity contribution in [3.8, 4) is 0 Å². The third-order valence-corrected chi connectivity index (χ3v) is 3.45. The molecule has 0 aliphatic heterocycles. The fraction of sp³-hybridized carbons (Fsp3) is 0.600. The van der Waals surface area contributed by atoms with Gasteiger partial charge in [-0.05, 0) is 25.0 Å². The van der Waals surface area contributed by atoms with Crippen LogP contribution in [0.4, 0.5) is 0 Å². The van der Waals surface area contributed by atoms with Crippen LogP contribution >= 0.6 is 11.3 Å². The molecule has 0 spiro atoms. The van der Waals surface area contributed by atoms with Crippen LogP contribution in [0.2, 0.25) is 0 Å². The number of rotatable bonds is 3. The molecule has 2 heteroatoms. The van der Waals surface area contributed by atoms with Gasteiger partial charge in [0, 0.05) is 15.8 Å². The van der Waals surface area contributed by atoms with Crippen molar-refractivity contribution in [3.05, 3.63) is 21.9 Å². The van der Waals surface area contributed by atoms with Crippen LogP contribution in [-0.2, 0) is 0 Å². The lowest BCUT2D eigenvalue weighted by molar-refractivity contribution is 0.462. The summed E-state index contributed by atoms with van der Waals surface area (Å²) in [4.78, 5) is 2.67. The molecule has 0 amide bonds. The third-order valence-electron chi connectivity index (χ3n) is 2.35. The smallest absolute Gasteiger partial charge is 0.0415 e. The average Bonchev–Trinajstić information content (AvgIpc) is 2.49. The highest BCUT2D eigenvalue weighted by molar-refractivity contribution is 7.12. The van der Waals surface area contributed by atoms with E-state index in [0.29, 0.717) is 5.92 Å². The minimum Gasteiger partial charge on any atom is -0.323 e. The van der Waals surface area contributed by atoms with Crippen molar-refractivity contribution in [2.24, 2.45) is 11.7 Å². The number of nitrogens with two attached hydrogens (primary N) is 1. The lowest BCUT2D eigenvalue weighted by Crippen LogP contribution is -2.16. The first-order valence-electron chi connectivity index (χ1n) is 4.47. The Bertz CT molecular complexity index is 242. The van der Waals surface area contributed by atoms with Gasteiger partial charge in [0.1, 0.15) is 0 Å². The van der Waals surface area contributed by atoms with E-state index in [0.717, 1.165) is 6.42 Å². The first kappa shape index (κ1) is 9.75. The molecule has 0 saturated carbocycles. The van der Waals surface area contributed by atoms with E-state index in [1.165, 1.54) is 9.75 Å². The van der Waals surface area contributed by atoms with Crippen molar-refractivity contribution in [2.75, 3.05) is 0 Å². The summed E-state index contributed by atoms with van der Waals surface area (Å²) in [6.07, 6.45) is 1.15. The van der Waals surface area contributed by atoms with Crippen molar-refractivity contribution >= 4 is 11.3 Å². The minimum absolute atomic E-state index is 0.230. The Morgan fingerprint density at radius 1 is 1.50 bits per heavy atom. The van der Waals surface area contributed by atoms with Crippen LogP contribution in [0.1, 0.15) is 36.1 Å². The second-order valence-corrected chi connectivity index (χ2v) is 4.68. The molecule has 1 heterocycles. The predicted molar refractivity (Wildman–Crippen MR) is 55.4 cm³/mol. The Hall–Kier alpha value is -0.340. The van der Waals surface area contributed by atoms with Gasteiger partial charge in [-0.2, -0.15) is 0 Å². The lowest BCUT2D eigenvalue weighted by Gasteiger charge is -2.16. The number of thiophene rings is 1. The molecule has 2 N–H and O–H groups in total. The molecule has 68 valence electrons. The highest BCUT2D eigenvalue weighted by Gasteiger charge is 2.13. The molecule has 0 radical (unpaired) electrons. The van der Waals surface area contributed by atoms with Crippen molar-refractivity contribution < 1.29 is 0 Å². The van der Waals surface area contributed by atoms with Gasteiger partial charge < -0.3 is 5.73 Å². The Morgan fingerprint density at radius 2 is 2.17 bits per heavy atom. The Kier molecular flexibility index (Phi) is 3.29. The monoisotopic (exact) mass is 183 g/mol. The molecular formula is C10H17NS. The van der Waals surface area contributed by atoms with Gasteiger partial charge in [0.05, 0.1) is 0 Å². The molecule has 0 saturated heterocycles. The van der Waals surface area contributed by atoms with E-state index < -0.39 is 0 Å². The van der Waals surface area contributed by atoms with E-state index in [2.05, 4.69) is 32.9 Å². The molecule has 1 unspecified atom stereocenters. The molecule has 1 aromatic rings. The van der Waals surface area contributed by atoms with Crippen LogP contribution in [0.5, 0.6) is 0 Å². The standard InChI is InChI=1S/C10H17NS/c1-4-7(2)10(11)9-6-5-8(3)12-9/h5-7,10H,4,11H2,1-3H3/t7?,10-/m1/s1. The van der Waals surface area contributed by atoms with Gasteiger partial charge in [-0.1, -0.05) is 20.3 Å². The van der Waals surface area contributed by atoms with Gasteiger partial charge in [-0.15, -0.1) is 11.3 Å². The molecule has 0 aromatic carbocycles. The molecular weight excluding hydrogens is 166 g/mol. The highest BCUT2D eigenvalue weighted by atomic mass is 32.1. The molecule has 2 atom stereocenters. The molecule has 0 bridgehead atoms.